The van der Waals surface area contributed by atoms with Crippen molar-refractivity contribution < 1.29 is 4.42 Å². The molecule has 0 spiro atoms. The quantitative estimate of drug-likeness (QED) is 0.187. The number of hydrogen-bond donors (Lipinski definition) is 0. The van der Waals surface area contributed by atoms with Crippen LogP contribution in [0.1, 0.15) is 0 Å². The first kappa shape index (κ1) is 28.2. The molecule has 0 atom stereocenters. The number of furan rings is 1. The van der Waals surface area contributed by atoms with Gasteiger partial charge in [0.15, 0.2) is 23.1 Å². The van der Waals surface area contributed by atoms with Gasteiger partial charge in [-0.3, -0.25) is 0 Å². The molecule has 0 bridgehead atoms. The van der Waals surface area contributed by atoms with Gasteiger partial charge in [0.2, 0.25) is 0 Å². The van der Waals surface area contributed by atoms with Gasteiger partial charge in [-0.15, -0.1) is 11.3 Å². The molecule has 51 heavy (non-hydrogen) atoms. The fourth-order valence-corrected chi connectivity index (χ4v) is 8.81. The summed E-state index contributed by atoms with van der Waals surface area (Å²) in [5, 5.41) is 6.92. The third-order valence-electron chi connectivity index (χ3n) is 9.88. The van der Waals surface area contributed by atoms with Crippen LogP contribution in [-0.4, -0.2) is 19.5 Å². The van der Waals surface area contributed by atoms with Crippen LogP contribution in [0.5, 0.6) is 0 Å². The first-order valence-corrected chi connectivity index (χ1v) is 17.8. The van der Waals surface area contributed by atoms with E-state index in [1.807, 2.05) is 30.3 Å². The average Bonchev–Trinajstić information content (AvgIpc) is 3.88. The molecule has 0 aliphatic carbocycles. The smallest absolute Gasteiger partial charge is 0.167 e. The maximum absolute atomic E-state index is 6.97. The van der Waals surface area contributed by atoms with Crippen molar-refractivity contribution in [3.63, 3.8) is 0 Å². The summed E-state index contributed by atoms with van der Waals surface area (Å²) in [5.74, 6) is 1.82. The van der Waals surface area contributed by atoms with Gasteiger partial charge < -0.3 is 8.98 Å². The van der Waals surface area contributed by atoms with Gasteiger partial charge in [-0.2, -0.15) is 0 Å². The van der Waals surface area contributed by atoms with Crippen LogP contribution >= 0.6 is 11.3 Å². The zero-order valence-electron chi connectivity index (χ0n) is 27.1. The molecule has 0 fully saturated rings. The summed E-state index contributed by atoms with van der Waals surface area (Å²) in [6.07, 6.45) is 0. The monoisotopic (exact) mass is 670 g/mol. The highest BCUT2D eigenvalue weighted by Crippen LogP contribution is 2.42. The number of para-hydroxylation sites is 4. The van der Waals surface area contributed by atoms with Crippen molar-refractivity contribution in [2.45, 2.75) is 0 Å². The molecule has 11 aromatic rings. The van der Waals surface area contributed by atoms with E-state index in [0.29, 0.717) is 17.5 Å². The molecule has 11 rings (SSSR count). The van der Waals surface area contributed by atoms with Crippen LogP contribution in [0.15, 0.2) is 162 Å². The summed E-state index contributed by atoms with van der Waals surface area (Å²) in [4.78, 5) is 15.4. The van der Waals surface area contributed by atoms with Crippen molar-refractivity contribution in [2.75, 3.05) is 0 Å². The van der Waals surface area contributed by atoms with E-state index in [2.05, 4.69) is 132 Å². The van der Waals surface area contributed by atoms with Gasteiger partial charge in [-0.25, -0.2) is 15.0 Å². The van der Waals surface area contributed by atoms with Crippen molar-refractivity contribution >= 4 is 75.3 Å². The maximum Gasteiger partial charge on any atom is 0.167 e. The minimum Gasteiger partial charge on any atom is -0.453 e. The van der Waals surface area contributed by atoms with E-state index in [0.717, 1.165) is 60.0 Å². The van der Waals surface area contributed by atoms with E-state index in [-0.39, 0.29) is 0 Å². The zero-order chi connectivity index (χ0) is 33.5. The van der Waals surface area contributed by atoms with Crippen LogP contribution in [0.25, 0.3) is 104 Å². The second kappa shape index (κ2) is 10.9. The Labute approximate surface area is 295 Å². The van der Waals surface area contributed by atoms with Gasteiger partial charge in [0.25, 0.3) is 0 Å². The Hall–Kier alpha value is -6.63. The molecule has 0 aliphatic heterocycles. The standard InChI is InChI=1S/C45H26N4OS/c1-2-13-27(14-3-1)43-46-44(48-45(47-43)35-22-11-20-33-30-17-6-9-26-39(30)51-42(33)35)34-21-10-18-31-32-19-12-25-38(41(32)50-40(31)34)49-36-23-7-4-15-28(36)29-16-5-8-24-37(29)49/h1-26H. The highest BCUT2D eigenvalue weighted by Gasteiger charge is 2.22. The average molecular weight is 671 g/mol. The summed E-state index contributed by atoms with van der Waals surface area (Å²) in [5.41, 5.74) is 7.56. The van der Waals surface area contributed by atoms with E-state index < -0.39 is 0 Å². The first-order valence-electron chi connectivity index (χ1n) is 17.0. The van der Waals surface area contributed by atoms with Crippen LogP contribution in [0.2, 0.25) is 0 Å². The van der Waals surface area contributed by atoms with Gasteiger partial charge in [-0.1, -0.05) is 121 Å². The third kappa shape index (κ3) is 4.24. The van der Waals surface area contributed by atoms with Crippen molar-refractivity contribution in [3.05, 3.63) is 158 Å². The van der Waals surface area contributed by atoms with Gasteiger partial charge in [0, 0.05) is 52.8 Å². The molecule has 4 heterocycles. The van der Waals surface area contributed by atoms with Crippen LogP contribution in [0.3, 0.4) is 0 Å². The van der Waals surface area contributed by atoms with E-state index in [1.54, 1.807) is 11.3 Å². The highest BCUT2D eigenvalue weighted by molar-refractivity contribution is 7.26. The van der Waals surface area contributed by atoms with Crippen molar-refractivity contribution in [1.82, 2.24) is 19.5 Å². The molecule has 0 saturated carbocycles. The number of fused-ring (bicyclic) bond motifs is 9. The number of nitrogens with zero attached hydrogens (tertiary/aromatic N) is 4. The Bertz CT molecular complexity index is 3100. The number of hydrogen-bond acceptors (Lipinski definition) is 5. The SMILES string of the molecule is c1ccc(-c2nc(-c3cccc4c3oc3c(-n5c6ccccc6c6ccccc65)cccc34)nc(-c3cccc4c3sc3ccccc34)n2)cc1. The van der Waals surface area contributed by atoms with Crippen LogP contribution in [0, 0.1) is 0 Å². The van der Waals surface area contributed by atoms with E-state index in [9.17, 15) is 0 Å². The predicted molar refractivity (Wildman–Crippen MR) is 211 cm³/mol. The first-order chi connectivity index (χ1) is 25.3. The topological polar surface area (TPSA) is 56.7 Å². The van der Waals surface area contributed by atoms with E-state index in [1.165, 1.54) is 26.2 Å². The molecule has 0 N–H and O–H groups in total. The lowest BCUT2D eigenvalue weighted by Crippen LogP contribution is -2.00. The normalized spacial score (nSPS) is 11.9. The Balaban J connectivity index is 1.17. The summed E-state index contributed by atoms with van der Waals surface area (Å²) >= 11 is 1.77. The van der Waals surface area contributed by atoms with Crippen molar-refractivity contribution in [1.29, 1.82) is 0 Å². The number of benzene rings is 7. The predicted octanol–water partition coefficient (Wildman–Crippen LogP) is 12.2. The summed E-state index contributed by atoms with van der Waals surface area (Å²) in [7, 11) is 0. The lowest BCUT2D eigenvalue weighted by atomic mass is 10.1. The van der Waals surface area contributed by atoms with Crippen molar-refractivity contribution in [3.8, 4) is 39.9 Å². The summed E-state index contributed by atoms with van der Waals surface area (Å²) in [6.45, 7) is 0. The fourth-order valence-electron chi connectivity index (χ4n) is 7.60. The fraction of sp³-hybridized carbons (Fsp3) is 0. The molecule has 7 aromatic carbocycles. The minimum absolute atomic E-state index is 0.569. The van der Waals surface area contributed by atoms with E-state index >= 15 is 0 Å². The molecule has 6 heteroatoms. The van der Waals surface area contributed by atoms with Gasteiger partial charge in [0.1, 0.15) is 5.58 Å². The molecule has 238 valence electrons. The molecule has 0 aliphatic rings. The highest BCUT2D eigenvalue weighted by atomic mass is 32.1. The van der Waals surface area contributed by atoms with Crippen LogP contribution in [-0.2, 0) is 0 Å². The molecular weight excluding hydrogens is 645 g/mol. The number of aromatic nitrogens is 4. The van der Waals surface area contributed by atoms with Gasteiger partial charge in [-0.05, 0) is 36.4 Å². The van der Waals surface area contributed by atoms with Crippen molar-refractivity contribution in [2.24, 2.45) is 0 Å². The van der Waals surface area contributed by atoms with Crippen LogP contribution < -0.4 is 0 Å². The summed E-state index contributed by atoms with van der Waals surface area (Å²) < 4.78 is 11.7. The number of thiophene rings is 1. The third-order valence-corrected chi connectivity index (χ3v) is 11.1. The molecular formula is C45H26N4OS. The Morgan fingerprint density at radius 1 is 0.412 bits per heavy atom. The number of rotatable bonds is 4. The molecule has 5 nitrogen and oxygen atoms in total. The largest absolute Gasteiger partial charge is 0.453 e. The Kier molecular flexibility index (Phi) is 6.05. The molecule has 0 saturated heterocycles. The van der Waals surface area contributed by atoms with E-state index in [4.69, 9.17) is 19.4 Å². The lowest BCUT2D eigenvalue weighted by Gasteiger charge is -2.09. The molecule has 0 unspecified atom stereocenters. The summed E-state index contributed by atoms with van der Waals surface area (Å²) in [6, 6.07) is 54.8. The zero-order valence-corrected chi connectivity index (χ0v) is 27.9. The Morgan fingerprint density at radius 3 is 1.73 bits per heavy atom. The molecule has 4 aromatic heterocycles. The van der Waals surface area contributed by atoms with Gasteiger partial charge in [0.05, 0.1) is 22.3 Å². The minimum atomic E-state index is 0.569. The second-order valence-corrected chi connectivity index (χ2v) is 13.8. The molecule has 0 amide bonds. The van der Waals surface area contributed by atoms with Gasteiger partial charge >= 0.3 is 0 Å². The Morgan fingerprint density at radius 2 is 0.961 bits per heavy atom. The molecule has 0 radical (unpaired) electrons. The van der Waals surface area contributed by atoms with Crippen LogP contribution in [0.4, 0.5) is 0 Å². The lowest BCUT2D eigenvalue weighted by molar-refractivity contribution is 0.667. The second-order valence-electron chi connectivity index (χ2n) is 12.8. The maximum atomic E-state index is 6.97.